The molecule has 1 aliphatic heterocycles. The molecule has 3 atom stereocenters. The van der Waals surface area contributed by atoms with Gasteiger partial charge in [-0.1, -0.05) is 24.8 Å². The molecule has 3 heterocycles. The lowest BCUT2D eigenvalue weighted by molar-refractivity contribution is 0.0325. The van der Waals surface area contributed by atoms with Gasteiger partial charge in [-0.05, 0) is 55.9 Å². The summed E-state index contributed by atoms with van der Waals surface area (Å²) in [6.45, 7) is 5.46. The van der Waals surface area contributed by atoms with E-state index >= 15 is 0 Å². The van der Waals surface area contributed by atoms with Gasteiger partial charge < -0.3 is 14.7 Å². The van der Waals surface area contributed by atoms with Gasteiger partial charge in [-0.15, -0.1) is 0 Å². The van der Waals surface area contributed by atoms with Crippen molar-refractivity contribution >= 4 is 5.91 Å². The van der Waals surface area contributed by atoms with Crippen molar-refractivity contribution in [2.75, 3.05) is 26.7 Å². The number of benzene rings is 1. The molecule has 1 N–H and O–H groups in total. The van der Waals surface area contributed by atoms with Gasteiger partial charge in [0.05, 0.1) is 12.6 Å². The fourth-order valence-corrected chi connectivity index (χ4v) is 4.27. The molecule has 1 aliphatic rings. The number of fused-ring (bicyclic) bond motifs is 1. The molecule has 0 fully saturated rings. The summed E-state index contributed by atoms with van der Waals surface area (Å²) in [7, 11) is 2.02. The summed E-state index contributed by atoms with van der Waals surface area (Å²) in [6, 6.07) is 11.2. The molecular weight excluding hydrogens is 471 g/mol. The van der Waals surface area contributed by atoms with Crippen LogP contribution in [-0.2, 0) is 6.54 Å². The number of hydrogen-bond donors (Lipinski definition) is 1. The third kappa shape index (κ3) is 6.70. The van der Waals surface area contributed by atoms with Gasteiger partial charge in [-0.2, -0.15) is 0 Å². The topological polar surface area (TPSA) is 78.8 Å². The average Bonchev–Trinajstić information content (AvgIpc) is 2.89. The van der Waals surface area contributed by atoms with Crippen LogP contribution in [0.15, 0.2) is 61.1 Å². The Balaban J connectivity index is 1.63. The number of likely N-dealkylation sites (N-methyl/N-ethyl adjacent to an activating group) is 1. The molecule has 3 aromatic rings. The number of carbonyl (C=O) groups excluding carboxylic acids is 1. The summed E-state index contributed by atoms with van der Waals surface area (Å²) >= 11 is 0. The van der Waals surface area contributed by atoms with Gasteiger partial charge in [0.25, 0.3) is 5.91 Å². The Morgan fingerprint density at radius 1 is 1.22 bits per heavy atom. The number of ether oxygens (including phenoxy) is 1. The highest BCUT2D eigenvalue weighted by molar-refractivity contribution is 5.97. The predicted molar refractivity (Wildman–Crippen MR) is 138 cm³/mol. The van der Waals surface area contributed by atoms with E-state index in [1.807, 2.05) is 33.0 Å². The minimum atomic E-state index is -0.377. The standard InChI is InChI=1S/C29H31FN4O3/c1-20-16-34(21(2)19-35)29(36)26-14-24(8-7-22-5-4-6-25(30)13-22)15-32-28(26)37-27(20)18-33(3)17-23-9-11-31-12-10-23/h4-6,9-15,20-21,27,35H,16-19H2,1-3H3/t20-,21+,27-/m0/s1. The van der Waals surface area contributed by atoms with Crippen molar-refractivity contribution in [2.24, 2.45) is 5.92 Å². The third-order valence-corrected chi connectivity index (χ3v) is 6.39. The monoisotopic (exact) mass is 502 g/mol. The van der Waals surface area contributed by atoms with E-state index in [0.29, 0.717) is 29.8 Å². The molecular formula is C29H31FN4O3. The van der Waals surface area contributed by atoms with E-state index in [1.165, 1.54) is 12.1 Å². The fraction of sp³-hybridized carbons (Fsp3) is 0.345. The minimum absolute atomic E-state index is 0.0137. The first kappa shape index (κ1) is 26.3. The lowest BCUT2D eigenvalue weighted by atomic mass is 9.99. The zero-order valence-electron chi connectivity index (χ0n) is 21.3. The SMILES string of the molecule is C[C@H](CO)N1C[C@H](C)[C@H](CN(C)Cc2ccncc2)Oc2ncc(C#Cc3cccc(F)c3)cc2C1=O. The number of pyridine rings is 2. The second-order valence-electron chi connectivity index (χ2n) is 9.51. The van der Waals surface area contributed by atoms with Gasteiger partial charge in [0, 0.05) is 55.3 Å². The van der Waals surface area contributed by atoms with Gasteiger partial charge in [0.15, 0.2) is 0 Å². The molecule has 37 heavy (non-hydrogen) atoms. The lowest BCUT2D eigenvalue weighted by Gasteiger charge is -2.37. The first-order valence-corrected chi connectivity index (χ1v) is 12.3. The predicted octanol–water partition coefficient (Wildman–Crippen LogP) is 3.37. The Kier molecular flexibility index (Phi) is 8.49. The number of hydrogen-bond acceptors (Lipinski definition) is 6. The van der Waals surface area contributed by atoms with Crippen molar-refractivity contribution < 1.29 is 19.0 Å². The maximum atomic E-state index is 13.6. The highest BCUT2D eigenvalue weighted by atomic mass is 19.1. The summed E-state index contributed by atoms with van der Waals surface area (Å²) in [5, 5.41) is 9.86. The Hall–Kier alpha value is -3.80. The van der Waals surface area contributed by atoms with Gasteiger partial charge in [-0.3, -0.25) is 14.7 Å². The Morgan fingerprint density at radius 3 is 2.70 bits per heavy atom. The van der Waals surface area contributed by atoms with Crippen molar-refractivity contribution in [3.8, 4) is 17.7 Å². The summed E-state index contributed by atoms with van der Waals surface area (Å²) in [6.07, 6.45) is 4.85. The van der Waals surface area contributed by atoms with E-state index in [1.54, 1.807) is 41.7 Å². The molecule has 4 rings (SSSR count). The van der Waals surface area contributed by atoms with Crippen LogP contribution in [0.25, 0.3) is 0 Å². The van der Waals surface area contributed by atoms with Crippen LogP contribution in [0, 0.1) is 23.6 Å². The van der Waals surface area contributed by atoms with Crippen molar-refractivity contribution in [1.82, 2.24) is 19.8 Å². The van der Waals surface area contributed by atoms with Crippen LogP contribution in [0.4, 0.5) is 4.39 Å². The highest BCUT2D eigenvalue weighted by Crippen LogP contribution is 2.27. The van der Waals surface area contributed by atoms with Gasteiger partial charge in [0.2, 0.25) is 5.88 Å². The van der Waals surface area contributed by atoms with Crippen LogP contribution >= 0.6 is 0 Å². The first-order valence-electron chi connectivity index (χ1n) is 12.3. The van der Waals surface area contributed by atoms with Crippen LogP contribution in [0.5, 0.6) is 5.88 Å². The average molecular weight is 503 g/mol. The molecule has 0 spiro atoms. The van der Waals surface area contributed by atoms with Gasteiger partial charge in [-0.25, -0.2) is 9.37 Å². The van der Waals surface area contributed by atoms with Crippen LogP contribution < -0.4 is 4.74 Å². The molecule has 0 saturated heterocycles. The number of nitrogens with zero attached hydrogens (tertiary/aromatic N) is 4. The first-order chi connectivity index (χ1) is 17.8. The van der Waals surface area contributed by atoms with Crippen LogP contribution in [0.1, 0.15) is 40.9 Å². The number of aromatic nitrogens is 2. The van der Waals surface area contributed by atoms with Gasteiger partial charge in [0.1, 0.15) is 17.5 Å². The molecule has 0 bridgehead atoms. The number of halogens is 1. The molecule has 0 radical (unpaired) electrons. The van der Waals surface area contributed by atoms with Crippen LogP contribution in [0.3, 0.4) is 0 Å². The normalized spacial score (nSPS) is 18.2. The Bertz CT molecular complexity index is 1290. The molecule has 192 valence electrons. The number of aliphatic hydroxyl groups is 1. The van der Waals surface area contributed by atoms with E-state index in [-0.39, 0.29) is 42.3 Å². The quantitative estimate of drug-likeness (QED) is 0.521. The zero-order valence-corrected chi connectivity index (χ0v) is 21.3. The van der Waals surface area contributed by atoms with Gasteiger partial charge >= 0.3 is 0 Å². The van der Waals surface area contributed by atoms with Crippen LogP contribution in [-0.4, -0.2) is 69.7 Å². The van der Waals surface area contributed by atoms with Crippen molar-refractivity contribution in [3.05, 3.63) is 89.1 Å². The number of amides is 1. The van der Waals surface area contributed by atoms with Crippen molar-refractivity contribution in [1.29, 1.82) is 0 Å². The van der Waals surface area contributed by atoms with Crippen molar-refractivity contribution in [3.63, 3.8) is 0 Å². The third-order valence-electron chi connectivity index (χ3n) is 6.39. The largest absolute Gasteiger partial charge is 0.472 e. The Labute approximate surface area is 216 Å². The fourth-order valence-electron chi connectivity index (χ4n) is 4.27. The van der Waals surface area contributed by atoms with Crippen molar-refractivity contribution in [2.45, 2.75) is 32.5 Å². The Morgan fingerprint density at radius 2 is 1.97 bits per heavy atom. The maximum absolute atomic E-state index is 13.6. The second-order valence-corrected chi connectivity index (χ2v) is 9.51. The molecule has 0 saturated carbocycles. The molecule has 1 aromatic carbocycles. The zero-order chi connectivity index (χ0) is 26.4. The summed E-state index contributed by atoms with van der Waals surface area (Å²) in [5.41, 5.74) is 2.47. The van der Waals surface area contributed by atoms with E-state index in [4.69, 9.17) is 4.74 Å². The number of aliphatic hydroxyl groups excluding tert-OH is 1. The summed E-state index contributed by atoms with van der Waals surface area (Å²) in [4.78, 5) is 25.9. The van der Waals surface area contributed by atoms with E-state index in [0.717, 1.165) is 12.1 Å². The highest BCUT2D eigenvalue weighted by Gasteiger charge is 2.34. The molecule has 7 nitrogen and oxygen atoms in total. The van der Waals surface area contributed by atoms with E-state index in [9.17, 15) is 14.3 Å². The molecule has 0 aliphatic carbocycles. The molecule has 1 amide bonds. The molecule has 2 aromatic heterocycles. The maximum Gasteiger partial charge on any atom is 0.259 e. The number of rotatable bonds is 6. The second kappa shape index (κ2) is 12.0. The smallest absolute Gasteiger partial charge is 0.259 e. The van der Waals surface area contributed by atoms with E-state index < -0.39 is 0 Å². The lowest BCUT2D eigenvalue weighted by Crippen LogP contribution is -2.49. The van der Waals surface area contributed by atoms with E-state index in [2.05, 4.69) is 26.7 Å². The molecule has 8 heteroatoms. The summed E-state index contributed by atoms with van der Waals surface area (Å²) < 4.78 is 19.9. The van der Waals surface area contributed by atoms with Crippen LogP contribution in [0.2, 0.25) is 0 Å². The summed E-state index contributed by atoms with van der Waals surface area (Å²) in [5.74, 6) is 5.47. The number of carbonyl (C=O) groups is 1. The molecule has 0 unspecified atom stereocenters. The minimum Gasteiger partial charge on any atom is -0.472 e.